The van der Waals surface area contributed by atoms with E-state index in [0.29, 0.717) is 18.3 Å². The van der Waals surface area contributed by atoms with Crippen LogP contribution in [0.5, 0.6) is 0 Å². The normalized spacial score (nSPS) is 31.6. The molecule has 0 saturated heterocycles. The Labute approximate surface area is 186 Å². The molecule has 2 N–H and O–H groups in total. The molecule has 0 aromatic heterocycles. The minimum Gasteiger partial charge on any atom is -0.450 e. The Balaban J connectivity index is 1.17. The molecule has 2 atom stereocenters. The zero-order valence-corrected chi connectivity index (χ0v) is 17.9. The zero-order chi connectivity index (χ0) is 21.9. The van der Waals surface area contributed by atoms with Gasteiger partial charge in [-0.2, -0.15) is 0 Å². The Hall–Kier alpha value is -3.02. The Kier molecular flexibility index (Phi) is 4.29. The smallest absolute Gasteiger partial charge is 0.450 e. The molecule has 1 amide bonds. The topological polar surface area (TPSA) is 84.9 Å². The lowest BCUT2D eigenvalue weighted by Gasteiger charge is -2.60. The lowest BCUT2D eigenvalue weighted by Crippen LogP contribution is -2.66. The molecule has 0 aliphatic heterocycles. The quantitative estimate of drug-likeness (QED) is 0.638. The molecule has 7 rings (SSSR count). The molecule has 2 unspecified atom stereocenters. The van der Waals surface area contributed by atoms with Crippen LogP contribution in [0.4, 0.5) is 9.59 Å². The van der Waals surface area contributed by atoms with E-state index >= 15 is 0 Å². The number of carboxylic acid groups (broad SMARTS) is 1. The zero-order valence-electron chi connectivity index (χ0n) is 17.9. The minimum absolute atomic E-state index is 0.0196. The summed E-state index contributed by atoms with van der Waals surface area (Å²) in [6.45, 7) is 0.277. The van der Waals surface area contributed by atoms with E-state index in [1.165, 1.54) is 22.3 Å². The van der Waals surface area contributed by atoms with Gasteiger partial charge in [-0.25, -0.2) is 9.59 Å². The third-order valence-electron chi connectivity index (χ3n) is 8.02. The van der Waals surface area contributed by atoms with Crippen molar-refractivity contribution in [1.29, 1.82) is 0 Å². The largest absolute Gasteiger partial charge is 0.506 e. The summed E-state index contributed by atoms with van der Waals surface area (Å²) in [7, 11) is 0. The maximum absolute atomic E-state index is 12.9. The molecule has 166 valence electrons. The summed E-state index contributed by atoms with van der Waals surface area (Å²) in [6, 6.07) is 16.6. The van der Waals surface area contributed by atoms with E-state index in [2.05, 4.69) is 29.6 Å². The predicted molar refractivity (Wildman–Crippen MR) is 117 cm³/mol. The highest BCUT2D eigenvalue weighted by Crippen LogP contribution is 2.59. The van der Waals surface area contributed by atoms with Crippen LogP contribution in [0.1, 0.15) is 55.6 Å². The number of alkyl carbamates (subject to hydrolysis) is 1. The van der Waals surface area contributed by atoms with Crippen molar-refractivity contribution >= 4 is 12.2 Å². The van der Waals surface area contributed by atoms with Crippen LogP contribution >= 0.6 is 0 Å². The molecule has 5 aliphatic carbocycles. The van der Waals surface area contributed by atoms with Crippen molar-refractivity contribution in [3.05, 3.63) is 59.7 Å². The first-order valence-electron chi connectivity index (χ1n) is 11.5. The van der Waals surface area contributed by atoms with Gasteiger partial charge in [-0.3, -0.25) is 0 Å². The average Bonchev–Trinajstić information content (AvgIpc) is 3.04. The van der Waals surface area contributed by atoms with E-state index < -0.39 is 23.4 Å². The first kappa shape index (κ1) is 19.6. The molecule has 0 heterocycles. The highest BCUT2D eigenvalue weighted by atomic mass is 16.7. The Morgan fingerprint density at radius 2 is 1.53 bits per heavy atom. The van der Waals surface area contributed by atoms with E-state index in [0.717, 1.165) is 32.1 Å². The molecular formula is C26H27NO5. The van der Waals surface area contributed by atoms with Crippen molar-refractivity contribution in [3.63, 3.8) is 0 Å². The SMILES string of the molecule is O=C(O)OC12CC3CC(CC(NC(=O)OCC4c5ccccc5-c5ccccc54)(C3)C1)C2. The van der Waals surface area contributed by atoms with Gasteiger partial charge in [0.2, 0.25) is 0 Å². The number of ether oxygens (including phenoxy) is 2. The van der Waals surface area contributed by atoms with Gasteiger partial charge in [0.1, 0.15) is 12.2 Å². The fourth-order valence-corrected chi connectivity index (χ4v) is 7.48. The van der Waals surface area contributed by atoms with Crippen molar-refractivity contribution in [2.75, 3.05) is 6.61 Å². The van der Waals surface area contributed by atoms with Crippen molar-refractivity contribution in [1.82, 2.24) is 5.32 Å². The van der Waals surface area contributed by atoms with Gasteiger partial charge in [0.15, 0.2) is 0 Å². The Bertz CT molecular complexity index is 1040. The molecule has 4 fully saturated rings. The summed E-state index contributed by atoms with van der Waals surface area (Å²) in [5.74, 6) is 0.806. The van der Waals surface area contributed by atoms with Crippen molar-refractivity contribution < 1.29 is 24.2 Å². The van der Waals surface area contributed by atoms with Gasteiger partial charge in [0.05, 0.1) is 0 Å². The van der Waals surface area contributed by atoms with Crippen LogP contribution in [0.15, 0.2) is 48.5 Å². The average molecular weight is 434 g/mol. The van der Waals surface area contributed by atoms with Crippen LogP contribution in [0.3, 0.4) is 0 Å². The molecule has 0 radical (unpaired) electrons. The second kappa shape index (κ2) is 6.99. The van der Waals surface area contributed by atoms with Crippen molar-refractivity contribution in [3.8, 4) is 11.1 Å². The maximum atomic E-state index is 12.9. The van der Waals surface area contributed by atoms with Gasteiger partial charge in [-0.1, -0.05) is 48.5 Å². The van der Waals surface area contributed by atoms with Crippen LogP contribution in [-0.2, 0) is 9.47 Å². The van der Waals surface area contributed by atoms with E-state index in [1.54, 1.807) is 0 Å². The first-order chi connectivity index (χ1) is 15.4. The summed E-state index contributed by atoms with van der Waals surface area (Å²) in [5, 5.41) is 12.4. The van der Waals surface area contributed by atoms with Crippen LogP contribution in [-0.4, -0.2) is 35.1 Å². The molecular weight excluding hydrogens is 406 g/mol. The molecule has 0 spiro atoms. The third kappa shape index (κ3) is 3.15. The molecule has 5 aliphatic rings. The van der Waals surface area contributed by atoms with Crippen molar-refractivity contribution in [2.45, 2.75) is 55.6 Å². The van der Waals surface area contributed by atoms with Crippen molar-refractivity contribution in [2.24, 2.45) is 11.8 Å². The molecule has 4 bridgehead atoms. The van der Waals surface area contributed by atoms with Gasteiger partial charge in [0.25, 0.3) is 0 Å². The highest BCUT2D eigenvalue weighted by molar-refractivity contribution is 5.79. The van der Waals surface area contributed by atoms with Gasteiger partial charge in [-0.15, -0.1) is 0 Å². The number of hydrogen-bond donors (Lipinski definition) is 2. The fraction of sp³-hybridized carbons (Fsp3) is 0.462. The van der Waals surface area contributed by atoms with Crippen LogP contribution in [0, 0.1) is 11.8 Å². The summed E-state index contributed by atoms with van der Waals surface area (Å²) >= 11 is 0. The first-order valence-corrected chi connectivity index (χ1v) is 11.5. The van der Waals surface area contributed by atoms with Gasteiger partial charge in [-0.05, 0) is 66.2 Å². The fourth-order valence-electron chi connectivity index (χ4n) is 7.48. The highest BCUT2D eigenvalue weighted by Gasteiger charge is 2.60. The van der Waals surface area contributed by atoms with E-state index in [1.807, 2.05) is 24.3 Å². The number of hydrogen-bond acceptors (Lipinski definition) is 4. The van der Waals surface area contributed by atoms with Gasteiger partial charge >= 0.3 is 12.2 Å². The van der Waals surface area contributed by atoms with Gasteiger partial charge in [0, 0.05) is 17.9 Å². The molecule has 2 aromatic carbocycles. The molecule has 6 nitrogen and oxygen atoms in total. The Morgan fingerprint density at radius 1 is 0.938 bits per heavy atom. The third-order valence-corrected chi connectivity index (χ3v) is 8.02. The molecule has 4 saturated carbocycles. The number of rotatable bonds is 4. The van der Waals surface area contributed by atoms with Crippen LogP contribution in [0.2, 0.25) is 0 Å². The predicted octanol–water partition coefficient (Wildman–Crippen LogP) is 5.31. The van der Waals surface area contributed by atoms with Crippen LogP contribution in [0.25, 0.3) is 11.1 Å². The number of benzene rings is 2. The number of amides is 1. The summed E-state index contributed by atoms with van der Waals surface area (Å²) in [5.41, 5.74) is 3.68. The lowest BCUT2D eigenvalue weighted by atomic mass is 9.51. The second-order valence-electron chi connectivity index (χ2n) is 10.2. The summed E-state index contributed by atoms with van der Waals surface area (Å²) < 4.78 is 11.2. The summed E-state index contributed by atoms with van der Waals surface area (Å²) in [6.07, 6.45) is 3.29. The lowest BCUT2D eigenvalue weighted by molar-refractivity contribution is -0.150. The van der Waals surface area contributed by atoms with E-state index in [-0.39, 0.29) is 12.5 Å². The molecule has 32 heavy (non-hydrogen) atoms. The maximum Gasteiger partial charge on any atom is 0.506 e. The Morgan fingerprint density at radius 3 is 2.12 bits per heavy atom. The summed E-state index contributed by atoms with van der Waals surface area (Å²) in [4.78, 5) is 24.3. The second-order valence-corrected chi connectivity index (χ2v) is 10.2. The number of fused-ring (bicyclic) bond motifs is 3. The van der Waals surface area contributed by atoms with Crippen LogP contribution < -0.4 is 5.32 Å². The standard InChI is InChI=1S/C26H27NO5/c28-23(27-25-10-16-9-17(11-25)13-26(12-16,15-25)32-24(29)30)31-14-22-20-7-3-1-5-18(20)19-6-2-4-8-21(19)22/h1-8,16-17,22H,9-15H2,(H,27,28)(H,29,30). The monoisotopic (exact) mass is 433 g/mol. The van der Waals surface area contributed by atoms with Gasteiger partial charge < -0.3 is 19.9 Å². The molecule has 6 heteroatoms. The van der Waals surface area contributed by atoms with E-state index in [9.17, 15) is 14.7 Å². The number of carbonyl (C=O) groups is 2. The number of carbonyl (C=O) groups excluding carboxylic acids is 1. The number of nitrogens with one attached hydrogen (secondary N) is 1. The minimum atomic E-state index is -1.22. The molecule has 2 aromatic rings. The van der Waals surface area contributed by atoms with E-state index in [4.69, 9.17) is 9.47 Å².